The van der Waals surface area contributed by atoms with Crippen LogP contribution in [0.3, 0.4) is 0 Å². The molecule has 0 amide bonds. The largest absolute Gasteiger partial charge is 0.495 e. The molecule has 0 aliphatic rings. The van der Waals surface area contributed by atoms with Gasteiger partial charge < -0.3 is 14.1 Å². The van der Waals surface area contributed by atoms with Crippen molar-refractivity contribution in [2.75, 3.05) is 7.11 Å². The second-order valence-corrected chi connectivity index (χ2v) is 7.12. The van der Waals surface area contributed by atoms with Crippen LogP contribution < -0.4 is 4.74 Å². The summed E-state index contributed by atoms with van der Waals surface area (Å²) in [6.07, 6.45) is 10.4. The van der Waals surface area contributed by atoms with Crippen molar-refractivity contribution < 1.29 is 9.15 Å². The van der Waals surface area contributed by atoms with E-state index in [1.165, 1.54) is 0 Å². The number of methoxy groups -OCH3 is 1. The highest BCUT2D eigenvalue weighted by Crippen LogP contribution is 2.34. The van der Waals surface area contributed by atoms with E-state index >= 15 is 0 Å². The molecule has 0 fully saturated rings. The minimum absolute atomic E-state index is 0.693. The summed E-state index contributed by atoms with van der Waals surface area (Å²) in [4.78, 5) is 16.7. The first-order valence-corrected chi connectivity index (χ1v) is 9.64. The summed E-state index contributed by atoms with van der Waals surface area (Å²) in [7, 11) is 1.62. The van der Waals surface area contributed by atoms with Crippen molar-refractivity contribution >= 4 is 22.1 Å². The van der Waals surface area contributed by atoms with Crippen molar-refractivity contribution in [1.82, 2.24) is 30.1 Å². The van der Waals surface area contributed by atoms with Gasteiger partial charge in [0.05, 0.1) is 31.5 Å². The number of furan rings is 1. The molecule has 2 N–H and O–H groups in total. The Balaban J connectivity index is 1.50. The van der Waals surface area contributed by atoms with Crippen molar-refractivity contribution in [2.45, 2.75) is 0 Å². The van der Waals surface area contributed by atoms with Gasteiger partial charge in [0.15, 0.2) is 5.65 Å². The van der Waals surface area contributed by atoms with Crippen LogP contribution in [0, 0.1) is 0 Å². The zero-order chi connectivity index (χ0) is 20.8. The van der Waals surface area contributed by atoms with Crippen LogP contribution in [0.1, 0.15) is 0 Å². The fraction of sp³-hybridized carbons (Fsp3) is 0.0435. The lowest BCUT2D eigenvalue weighted by Crippen LogP contribution is -1.87. The second-order valence-electron chi connectivity index (χ2n) is 7.12. The summed E-state index contributed by atoms with van der Waals surface area (Å²) in [5.41, 5.74) is 7.00. The van der Waals surface area contributed by atoms with Gasteiger partial charge in [0, 0.05) is 46.1 Å². The first kappa shape index (κ1) is 17.4. The van der Waals surface area contributed by atoms with E-state index in [9.17, 15) is 0 Å². The molecule has 0 aliphatic heterocycles. The lowest BCUT2D eigenvalue weighted by atomic mass is 10.1. The van der Waals surface area contributed by atoms with Crippen molar-refractivity contribution in [3.05, 3.63) is 67.6 Å². The smallest absolute Gasteiger partial charge is 0.155 e. The summed E-state index contributed by atoms with van der Waals surface area (Å²) in [5.74, 6) is 0.693. The first-order valence-electron chi connectivity index (χ1n) is 9.64. The van der Waals surface area contributed by atoms with Gasteiger partial charge in [0.25, 0.3) is 0 Å². The van der Waals surface area contributed by atoms with Gasteiger partial charge in [-0.2, -0.15) is 5.10 Å². The molecule has 6 aromatic rings. The maximum Gasteiger partial charge on any atom is 0.155 e. The van der Waals surface area contributed by atoms with E-state index < -0.39 is 0 Å². The average molecular weight is 408 g/mol. The lowest BCUT2D eigenvalue weighted by Gasteiger charge is -2.04. The molecule has 0 radical (unpaired) electrons. The fourth-order valence-electron chi connectivity index (χ4n) is 3.78. The summed E-state index contributed by atoms with van der Waals surface area (Å²) in [6.45, 7) is 0. The lowest BCUT2D eigenvalue weighted by molar-refractivity contribution is 0.413. The molecule has 0 spiro atoms. The molecule has 0 unspecified atom stereocenters. The molecule has 0 aliphatic carbocycles. The highest BCUT2D eigenvalue weighted by molar-refractivity contribution is 5.99. The molecule has 0 bridgehead atoms. The Bertz CT molecular complexity index is 1530. The standard InChI is InChI=1S/C23H16N6O2/c1-30-16-6-14(9-24-11-16)15-7-19-21(28-29-23(19)26-10-15)20-8-18-17(13-3-5-31-12-13)2-4-25-22(18)27-20/h2-12H,1H3,(H,25,27)(H,26,28,29). The Morgan fingerprint density at radius 2 is 1.84 bits per heavy atom. The van der Waals surface area contributed by atoms with E-state index in [1.54, 1.807) is 44.4 Å². The van der Waals surface area contributed by atoms with E-state index in [2.05, 4.69) is 36.2 Å². The third kappa shape index (κ3) is 2.84. The fourth-order valence-corrected chi connectivity index (χ4v) is 3.78. The minimum atomic E-state index is 0.693. The van der Waals surface area contributed by atoms with Crippen LogP contribution in [0.4, 0.5) is 0 Å². The number of hydrogen-bond acceptors (Lipinski definition) is 6. The Labute approximate surface area is 176 Å². The molecule has 0 atom stereocenters. The Morgan fingerprint density at radius 1 is 0.903 bits per heavy atom. The second kappa shape index (κ2) is 6.81. The van der Waals surface area contributed by atoms with E-state index in [0.717, 1.165) is 50.1 Å². The molecule has 8 heteroatoms. The van der Waals surface area contributed by atoms with Crippen molar-refractivity contribution in [1.29, 1.82) is 0 Å². The van der Waals surface area contributed by atoms with Crippen LogP contribution in [0.2, 0.25) is 0 Å². The number of aromatic amines is 2. The molecular weight excluding hydrogens is 392 g/mol. The van der Waals surface area contributed by atoms with Crippen LogP contribution in [-0.2, 0) is 0 Å². The summed E-state index contributed by atoms with van der Waals surface area (Å²) in [5, 5.41) is 9.43. The van der Waals surface area contributed by atoms with Gasteiger partial charge >= 0.3 is 0 Å². The van der Waals surface area contributed by atoms with Crippen LogP contribution in [0.5, 0.6) is 5.75 Å². The zero-order valence-corrected chi connectivity index (χ0v) is 16.5. The SMILES string of the molecule is COc1cncc(-c2cnc3[nH]nc(-c4cc5c(-c6ccoc6)ccnc5[nH]4)c3c2)c1. The van der Waals surface area contributed by atoms with Crippen LogP contribution >= 0.6 is 0 Å². The van der Waals surface area contributed by atoms with E-state index in [0.29, 0.717) is 11.4 Å². The van der Waals surface area contributed by atoms with Gasteiger partial charge in [-0.1, -0.05) is 0 Å². The zero-order valence-electron chi connectivity index (χ0n) is 16.5. The summed E-state index contributed by atoms with van der Waals surface area (Å²) in [6, 6.07) is 9.94. The predicted molar refractivity (Wildman–Crippen MR) is 116 cm³/mol. The number of nitrogens with one attached hydrogen (secondary N) is 2. The molecule has 6 heterocycles. The van der Waals surface area contributed by atoms with Gasteiger partial charge in [-0.3, -0.25) is 10.1 Å². The first-order chi connectivity index (χ1) is 15.3. The molecule has 6 rings (SSSR count). The van der Waals surface area contributed by atoms with E-state index in [1.807, 2.05) is 24.3 Å². The highest BCUT2D eigenvalue weighted by Gasteiger charge is 2.16. The van der Waals surface area contributed by atoms with Crippen molar-refractivity contribution in [3.63, 3.8) is 0 Å². The number of fused-ring (bicyclic) bond motifs is 2. The normalized spacial score (nSPS) is 11.4. The molecule has 6 aromatic heterocycles. The Morgan fingerprint density at radius 3 is 2.71 bits per heavy atom. The quantitative estimate of drug-likeness (QED) is 0.433. The van der Waals surface area contributed by atoms with Gasteiger partial charge in [-0.05, 0) is 35.9 Å². The summed E-state index contributed by atoms with van der Waals surface area (Å²) < 4.78 is 10.6. The third-order valence-electron chi connectivity index (χ3n) is 5.32. The molecular formula is C23H16N6O2. The van der Waals surface area contributed by atoms with Crippen LogP contribution in [0.25, 0.3) is 55.7 Å². The number of H-pyrrole nitrogens is 2. The number of nitrogens with zero attached hydrogens (tertiary/aromatic N) is 4. The number of rotatable bonds is 4. The molecule has 0 saturated carbocycles. The van der Waals surface area contributed by atoms with Gasteiger partial charge in [-0.15, -0.1) is 0 Å². The maximum atomic E-state index is 5.30. The molecule has 0 saturated heterocycles. The molecule has 8 nitrogen and oxygen atoms in total. The number of hydrogen-bond donors (Lipinski definition) is 2. The number of pyridine rings is 3. The van der Waals surface area contributed by atoms with Gasteiger partial charge in [0.1, 0.15) is 17.1 Å². The van der Waals surface area contributed by atoms with Gasteiger partial charge in [0.2, 0.25) is 0 Å². The predicted octanol–water partition coefficient (Wildman–Crippen LogP) is 4.83. The molecule has 0 aromatic carbocycles. The number of ether oxygens (including phenoxy) is 1. The van der Waals surface area contributed by atoms with Crippen LogP contribution in [0.15, 0.2) is 72.1 Å². The Kier molecular flexibility index (Phi) is 3.82. The topological polar surface area (TPSA) is 106 Å². The average Bonchev–Trinajstić information content (AvgIpc) is 3.57. The van der Waals surface area contributed by atoms with E-state index in [4.69, 9.17) is 9.15 Å². The summed E-state index contributed by atoms with van der Waals surface area (Å²) >= 11 is 0. The highest BCUT2D eigenvalue weighted by atomic mass is 16.5. The molecule has 150 valence electrons. The van der Waals surface area contributed by atoms with Gasteiger partial charge in [-0.25, -0.2) is 9.97 Å². The van der Waals surface area contributed by atoms with Crippen molar-refractivity contribution in [3.8, 4) is 39.4 Å². The number of aromatic nitrogens is 6. The minimum Gasteiger partial charge on any atom is -0.495 e. The van der Waals surface area contributed by atoms with Crippen LogP contribution in [-0.4, -0.2) is 37.2 Å². The molecule has 31 heavy (non-hydrogen) atoms. The monoisotopic (exact) mass is 408 g/mol. The third-order valence-corrected chi connectivity index (χ3v) is 5.32. The van der Waals surface area contributed by atoms with Crippen molar-refractivity contribution in [2.24, 2.45) is 0 Å². The van der Waals surface area contributed by atoms with E-state index in [-0.39, 0.29) is 0 Å². The Hall–Kier alpha value is -4.46. The maximum absolute atomic E-state index is 5.30.